The molecule has 0 saturated heterocycles. The Labute approximate surface area is 126 Å². The van der Waals surface area contributed by atoms with Crippen molar-refractivity contribution in [3.05, 3.63) is 36.1 Å². The van der Waals surface area contributed by atoms with Crippen LogP contribution in [0.25, 0.3) is 0 Å². The van der Waals surface area contributed by atoms with Crippen LogP contribution in [-0.2, 0) is 4.79 Å². The molecule has 2 heterocycles. The van der Waals surface area contributed by atoms with E-state index < -0.39 is 5.91 Å². The Morgan fingerprint density at radius 1 is 1.00 bits per heavy atom. The van der Waals surface area contributed by atoms with Crippen molar-refractivity contribution in [2.75, 3.05) is 23.8 Å². The monoisotopic (exact) mass is 302 g/mol. The summed E-state index contributed by atoms with van der Waals surface area (Å²) in [6, 6.07) is 8.13. The van der Waals surface area contributed by atoms with Crippen LogP contribution >= 0.6 is 0 Å². The van der Waals surface area contributed by atoms with Gasteiger partial charge in [-0.1, -0.05) is 0 Å². The predicted octanol–water partition coefficient (Wildman–Crippen LogP) is 2.26. The number of carbonyl (C=O) groups is 2. The first kappa shape index (κ1) is 14.0. The van der Waals surface area contributed by atoms with Gasteiger partial charge in [0.2, 0.25) is 5.91 Å². The van der Waals surface area contributed by atoms with E-state index in [1.54, 1.807) is 18.2 Å². The maximum absolute atomic E-state index is 12.1. The second kappa shape index (κ2) is 5.80. The van der Waals surface area contributed by atoms with Gasteiger partial charge in [0.05, 0.1) is 0 Å². The number of hydrogen-bond donors (Lipinski definition) is 2. The van der Waals surface area contributed by atoms with Crippen LogP contribution in [0.3, 0.4) is 0 Å². The number of rotatable bonds is 3. The van der Waals surface area contributed by atoms with Crippen molar-refractivity contribution in [3.63, 3.8) is 0 Å². The highest BCUT2D eigenvalue weighted by Crippen LogP contribution is 2.32. The maximum Gasteiger partial charge on any atom is 0.291 e. The molecule has 3 rings (SSSR count). The number of hydrogen-bond acceptors (Lipinski definition) is 5. The molecule has 114 valence electrons. The molecule has 1 aliphatic rings. The van der Waals surface area contributed by atoms with Gasteiger partial charge in [-0.3, -0.25) is 14.9 Å². The first-order valence-electron chi connectivity index (χ1n) is 6.70. The molecule has 0 spiro atoms. The quantitative estimate of drug-likeness (QED) is 0.907. The van der Waals surface area contributed by atoms with Crippen molar-refractivity contribution in [1.29, 1.82) is 0 Å². The summed E-state index contributed by atoms with van der Waals surface area (Å²) in [7, 11) is 0. The highest BCUT2D eigenvalue weighted by Gasteiger charge is 2.15. The lowest BCUT2D eigenvalue weighted by Crippen LogP contribution is -2.16. The second-order valence-corrected chi connectivity index (χ2v) is 4.66. The molecule has 0 bridgehead atoms. The van der Waals surface area contributed by atoms with Crippen molar-refractivity contribution in [2.45, 2.75) is 6.92 Å². The summed E-state index contributed by atoms with van der Waals surface area (Å²) in [4.78, 5) is 23.0. The number of furan rings is 1. The highest BCUT2D eigenvalue weighted by atomic mass is 16.6. The first-order valence-corrected chi connectivity index (χ1v) is 6.70. The number of nitrogens with one attached hydrogen (secondary N) is 2. The fourth-order valence-electron chi connectivity index (χ4n) is 2.01. The molecule has 0 saturated carbocycles. The van der Waals surface area contributed by atoms with E-state index in [1.807, 2.05) is 0 Å². The zero-order chi connectivity index (χ0) is 15.5. The van der Waals surface area contributed by atoms with Crippen LogP contribution < -0.4 is 20.1 Å². The van der Waals surface area contributed by atoms with E-state index in [-0.39, 0.29) is 17.6 Å². The summed E-state index contributed by atoms with van der Waals surface area (Å²) in [6.07, 6.45) is 0. The Balaban J connectivity index is 1.71. The molecule has 0 fully saturated rings. The van der Waals surface area contributed by atoms with Gasteiger partial charge in [0.15, 0.2) is 23.1 Å². The van der Waals surface area contributed by atoms with Gasteiger partial charge in [-0.15, -0.1) is 0 Å². The summed E-state index contributed by atoms with van der Waals surface area (Å²) in [5, 5.41) is 5.16. The number of anilines is 2. The molecule has 7 heteroatoms. The largest absolute Gasteiger partial charge is 0.486 e. The van der Waals surface area contributed by atoms with E-state index in [9.17, 15) is 9.59 Å². The number of amides is 2. The molecule has 7 nitrogen and oxygen atoms in total. The minimum absolute atomic E-state index is 0.0960. The number of carbonyl (C=O) groups excluding carboxylic acids is 2. The minimum Gasteiger partial charge on any atom is -0.486 e. The Bertz CT molecular complexity index is 722. The number of benzene rings is 1. The molecule has 2 amide bonds. The molecular formula is C15H14N2O5. The molecule has 0 aliphatic carbocycles. The predicted molar refractivity (Wildman–Crippen MR) is 78.4 cm³/mol. The van der Waals surface area contributed by atoms with Crippen LogP contribution in [0.4, 0.5) is 11.6 Å². The summed E-state index contributed by atoms with van der Waals surface area (Å²) in [5.74, 6) is 0.859. The molecule has 2 aromatic rings. The summed E-state index contributed by atoms with van der Waals surface area (Å²) < 4.78 is 16.1. The smallest absolute Gasteiger partial charge is 0.291 e. The average Bonchev–Trinajstić information content (AvgIpc) is 2.95. The van der Waals surface area contributed by atoms with E-state index in [4.69, 9.17) is 13.9 Å². The Kier molecular flexibility index (Phi) is 3.69. The fourth-order valence-corrected chi connectivity index (χ4v) is 2.01. The van der Waals surface area contributed by atoms with Gasteiger partial charge >= 0.3 is 0 Å². The van der Waals surface area contributed by atoms with Crippen molar-refractivity contribution >= 4 is 23.4 Å². The van der Waals surface area contributed by atoms with Gasteiger partial charge in [-0.2, -0.15) is 0 Å². The lowest BCUT2D eigenvalue weighted by atomic mass is 10.2. The van der Waals surface area contributed by atoms with Crippen LogP contribution in [0.5, 0.6) is 11.5 Å². The summed E-state index contributed by atoms with van der Waals surface area (Å²) >= 11 is 0. The third-order valence-electron chi connectivity index (χ3n) is 2.93. The molecule has 2 N–H and O–H groups in total. The lowest BCUT2D eigenvalue weighted by Gasteiger charge is -2.18. The Morgan fingerprint density at radius 3 is 2.55 bits per heavy atom. The van der Waals surface area contributed by atoms with Crippen LogP contribution in [0.2, 0.25) is 0 Å². The van der Waals surface area contributed by atoms with Gasteiger partial charge in [0.25, 0.3) is 5.91 Å². The lowest BCUT2D eigenvalue weighted by molar-refractivity contribution is -0.114. The third kappa shape index (κ3) is 3.03. The topological polar surface area (TPSA) is 89.8 Å². The van der Waals surface area contributed by atoms with E-state index in [2.05, 4.69) is 10.6 Å². The van der Waals surface area contributed by atoms with E-state index >= 15 is 0 Å². The van der Waals surface area contributed by atoms with E-state index in [0.29, 0.717) is 30.4 Å². The van der Waals surface area contributed by atoms with Crippen LogP contribution in [0.15, 0.2) is 34.7 Å². The van der Waals surface area contributed by atoms with Crippen LogP contribution in [0, 0.1) is 0 Å². The molecule has 0 radical (unpaired) electrons. The fraction of sp³-hybridized carbons (Fsp3) is 0.200. The molecule has 0 atom stereocenters. The second-order valence-electron chi connectivity index (χ2n) is 4.66. The Hall–Kier alpha value is -2.96. The average molecular weight is 302 g/mol. The molecule has 22 heavy (non-hydrogen) atoms. The third-order valence-corrected chi connectivity index (χ3v) is 2.93. The highest BCUT2D eigenvalue weighted by molar-refractivity contribution is 6.03. The standard InChI is InChI=1S/C15H14N2O5/c1-9(18)16-14-5-4-12(22-14)15(19)17-10-2-3-11-13(8-10)21-7-6-20-11/h2-5,8H,6-7H2,1H3,(H,16,18)(H,17,19). The molecule has 0 unspecified atom stereocenters. The van der Waals surface area contributed by atoms with Crippen molar-refractivity contribution in [2.24, 2.45) is 0 Å². The molecule has 1 aromatic heterocycles. The SMILES string of the molecule is CC(=O)Nc1ccc(C(=O)Nc2ccc3c(c2)OCCO3)o1. The van der Waals surface area contributed by atoms with Crippen LogP contribution in [-0.4, -0.2) is 25.0 Å². The van der Waals surface area contributed by atoms with Crippen molar-refractivity contribution in [3.8, 4) is 11.5 Å². The van der Waals surface area contributed by atoms with Crippen molar-refractivity contribution < 1.29 is 23.5 Å². The van der Waals surface area contributed by atoms with E-state index in [0.717, 1.165) is 0 Å². The summed E-state index contributed by atoms with van der Waals surface area (Å²) in [6.45, 7) is 2.34. The Morgan fingerprint density at radius 2 is 1.77 bits per heavy atom. The van der Waals surface area contributed by atoms with Crippen molar-refractivity contribution in [1.82, 2.24) is 0 Å². The van der Waals surface area contributed by atoms with Gasteiger partial charge < -0.3 is 19.2 Å². The van der Waals surface area contributed by atoms with Gasteiger partial charge in [0.1, 0.15) is 13.2 Å². The zero-order valence-electron chi connectivity index (χ0n) is 11.8. The molecule has 1 aliphatic heterocycles. The molecule has 1 aromatic carbocycles. The number of fused-ring (bicyclic) bond motifs is 1. The zero-order valence-corrected chi connectivity index (χ0v) is 11.8. The van der Waals surface area contributed by atoms with Gasteiger partial charge in [0, 0.05) is 24.7 Å². The van der Waals surface area contributed by atoms with Gasteiger partial charge in [-0.25, -0.2) is 0 Å². The summed E-state index contributed by atoms with van der Waals surface area (Å²) in [5.41, 5.74) is 0.562. The van der Waals surface area contributed by atoms with Crippen LogP contribution in [0.1, 0.15) is 17.5 Å². The normalized spacial score (nSPS) is 12.6. The molecular weight excluding hydrogens is 288 g/mol. The minimum atomic E-state index is -0.423. The maximum atomic E-state index is 12.1. The van der Waals surface area contributed by atoms with E-state index in [1.165, 1.54) is 19.1 Å². The first-order chi connectivity index (χ1) is 10.6. The van der Waals surface area contributed by atoms with Gasteiger partial charge in [-0.05, 0) is 18.2 Å². The number of ether oxygens (including phenoxy) is 2.